The molecule has 0 aromatic heterocycles. The molecule has 3 nitrogen and oxygen atoms in total. The number of rotatable bonds is 1. The molecule has 1 rings (SSSR count). The molecule has 0 saturated carbocycles. The van der Waals surface area contributed by atoms with Crippen molar-refractivity contribution >= 4 is 5.91 Å². The minimum Gasteiger partial charge on any atom is -0.339 e. The summed E-state index contributed by atoms with van der Waals surface area (Å²) >= 11 is 0. The normalized spacial score (nSPS) is 26.9. The number of hydrogen-bond donors (Lipinski definition) is 1. The van der Waals surface area contributed by atoms with Crippen LogP contribution in [0.25, 0.3) is 0 Å². The van der Waals surface area contributed by atoms with Crippen molar-refractivity contribution in [3.8, 4) is 0 Å². The molecule has 1 aliphatic heterocycles. The number of hydrogen-bond acceptors (Lipinski definition) is 2. The molecule has 0 aliphatic carbocycles. The highest BCUT2D eigenvalue weighted by Crippen LogP contribution is 2.16. The first-order valence-electron chi connectivity index (χ1n) is 4.69. The molecule has 3 heteroatoms. The van der Waals surface area contributed by atoms with E-state index in [0.717, 1.165) is 19.4 Å². The molecule has 0 aromatic rings. The van der Waals surface area contributed by atoms with Crippen LogP contribution < -0.4 is 5.73 Å². The van der Waals surface area contributed by atoms with E-state index in [1.54, 1.807) is 6.92 Å². The van der Waals surface area contributed by atoms with Crippen LogP contribution in [0.3, 0.4) is 0 Å². The second kappa shape index (κ2) is 3.90. The van der Waals surface area contributed by atoms with Gasteiger partial charge in [-0.15, -0.1) is 0 Å². The largest absolute Gasteiger partial charge is 0.339 e. The van der Waals surface area contributed by atoms with Crippen molar-refractivity contribution in [1.29, 1.82) is 0 Å². The summed E-state index contributed by atoms with van der Waals surface area (Å²) < 4.78 is 0. The molecule has 0 spiro atoms. The summed E-state index contributed by atoms with van der Waals surface area (Å²) in [5, 5.41) is 0. The third kappa shape index (κ3) is 1.97. The average Bonchev–Trinajstić information content (AvgIpc) is 2.04. The van der Waals surface area contributed by atoms with Crippen LogP contribution in [0.5, 0.6) is 0 Å². The lowest BCUT2D eigenvalue weighted by atomic mass is 10.0. The number of nitrogens with two attached hydrogens (primary N) is 1. The van der Waals surface area contributed by atoms with Gasteiger partial charge in [-0.25, -0.2) is 0 Å². The molecule has 12 heavy (non-hydrogen) atoms. The fourth-order valence-electron chi connectivity index (χ4n) is 1.69. The van der Waals surface area contributed by atoms with Gasteiger partial charge in [0, 0.05) is 12.6 Å². The average molecular weight is 170 g/mol. The van der Waals surface area contributed by atoms with E-state index >= 15 is 0 Å². The molecule has 1 saturated heterocycles. The Labute approximate surface area is 73.9 Å². The number of likely N-dealkylation sites (tertiary alicyclic amines) is 1. The van der Waals surface area contributed by atoms with E-state index in [2.05, 4.69) is 6.92 Å². The Bertz CT molecular complexity index is 168. The Morgan fingerprint density at radius 1 is 1.58 bits per heavy atom. The lowest BCUT2D eigenvalue weighted by Crippen LogP contribution is -2.48. The predicted octanol–water partition coefficient (Wildman–Crippen LogP) is 0.735. The van der Waals surface area contributed by atoms with Gasteiger partial charge in [-0.1, -0.05) is 0 Å². The van der Waals surface area contributed by atoms with Gasteiger partial charge in [-0.05, 0) is 33.1 Å². The highest BCUT2D eigenvalue weighted by molar-refractivity contribution is 5.81. The second-order valence-electron chi connectivity index (χ2n) is 3.67. The van der Waals surface area contributed by atoms with Crippen molar-refractivity contribution in [2.45, 2.75) is 45.2 Å². The molecule has 0 aromatic carbocycles. The number of amides is 1. The van der Waals surface area contributed by atoms with Crippen molar-refractivity contribution in [2.24, 2.45) is 5.73 Å². The van der Waals surface area contributed by atoms with Gasteiger partial charge in [0.2, 0.25) is 5.91 Å². The monoisotopic (exact) mass is 170 g/mol. The highest BCUT2D eigenvalue weighted by atomic mass is 16.2. The van der Waals surface area contributed by atoms with Crippen LogP contribution in [0.4, 0.5) is 0 Å². The van der Waals surface area contributed by atoms with E-state index in [0.29, 0.717) is 6.04 Å². The van der Waals surface area contributed by atoms with Gasteiger partial charge in [0.1, 0.15) is 0 Å². The standard InChI is InChI=1S/C9H18N2O/c1-7-5-3-4-6-11(7)9(12)8(2)10/h7-8H,3-6,10H2,1-2H3/t7-,8-/m0/s1. The summed E-state index contributed by atoms with van der Waals surface area (Å²) in [5.74, 6) is 0.0993. The van der Waals surface area contributed by atoms with Gasteiger partial charge in [-0.3, -0.25) is 4.79 Å². The molecule has 2 N–H and O–H groups in total. The van der Waals surface area contributed by atoms with Crippen LogP contribution in [0, 0.1) is 0 Å². The summed E-state index contributed by atoms with van der Waals surface area (Å²) in [6.45, 7) is 4.74. The van der Waals surface area contributed by atoms with Crippen molar-refractivity contribution in [1.82, 2.24) is 4.90 Å². The van der Waals surface area contributed by atoms with E-state index in [-0.39, 0.29) is 11.9 Å². The maximum atomic E-state index is 11.5. The predicted molar refractivity (Wildman–Crippen MR) is 48.7 cm³/mol. The molecule has 1 amide bonds. The molecule has 1 heterocycles. The van der Waals surface area contributed by atoms with Gasteiger partial charge in [-0.2, -0.15) is 0 Å². The van der Waals surface area contributed by atoms with Gasteiger partial charge in [0.25, 0.3) is 0 Å². The van der Waals surface area contributed by atoms with Gasteiger partial charge >= 0.3 is 0 Å². The quantitative estimate of drug-likeness (QED) is 0.630. The van der Waals surface area contributed by atoms with Crippen LogP contribution in [0.15, 0.2) is 0 Å². The van der Waals surface area contributed by atoms with E-state index in [9.17, 15) is 4.79 Å². The Morgan fingerprint density at radius 2 is 2.25 bits per heavy atom. The summed E-state index contributed by atoms with van der Waals surface area (Å²) in [4.78, 5) is 13.4. The third-order valence-electron chi connectivity index (χ3n) is 2.48. The van der Waals surface area contributed by atoms with E-state index in [1.165, 1.54) is 6.42 Å². The Hall–Kier alpha value is -0.570. The maximum absolute atomic E-state index is 11.5. The number of piperidine rings is 1. The third-order valence-corrected chi connectivity index (χ3v) is 2.48. The highest BCUT2D eigenvalue weighted by Gasteiger charge is 2.24. The molecule has 0 bridgehead atoms. The first-order valence-corrected chi connectivity index (χ1v) is 4.69. The lowest BCUT2D eigenvalue weighted by molar-refractivity contribution is -0.135. The van der Waals surface area contributed by atoms with E-state index in [4.69, 9.17) is 5.73 Å². The lowest BCUT2D eigenvalue weighted by Gasteiger charge is -2.34. The zero-order valence-corrected chi connectivity index (χ0v) is 7.92. The fourth-order valence-corrected chi connectivity index (χ4v) is 1.69. The van der Waals surface area contributed by atoms with E-state index in [1.807, 2.05) is 4.90 Å². The Kier molecular flexibility index (Phi) is 3.09. The molecule has 70 valence electrons. The Balaban J connectivity index is 2.53. The molecule has 1 aliphatic rings. The molecular weight excluding hydrogens is 152 g/mol. The van der Waals surface area contributed by atoms with Crippen molar-refractivity contribution in [3.63, 3.8) is 0 Å². The maximum Gasteiger partial charge on any atom is 0.239 e. The summed E-state index contributed by atoms with van der Waals surface area (Å²) in [5.41, 5.74) is 5.54. The molecule has 0 unspecified atom stereocenters. The topological polar surface area (TPSA) is 46.3 Å². The Morgan fingerprint density at radius 3 is 2.75 bits per heavy atom. The summed E-state index contributed by atoms with van der Waals surface area (Å²) in [7, 11) is 0. The minimum atomic E-state index is -0.342. The SMILES string of the molecule is C[C@H](N)C(=O)N1CCCC[C@@H]1C. The first-order chi connectivity index (χ1) is 5.63. The van der Waals surface area contributed by atoms with Crippen LogP contribution in [-0.4, -0.2) is 29.4 Å². The van der Waals surface area contributed by atoms with Crippen molar-refractivity contribution < 1.29 is 4.79 Å². The van der Waals surface area contributed by atoms with Crippen LogP contribution in [0.1, 0.15) is 33.1 Å². The second-order valence-corrected chi connectivity index (χ2v) is 3.67. The molecule has 0 radical (unpaired) electrons. The van der Waals surface area contributed by atoms with Crippen LogP contribution in [0.2, 0.25) is 0 Å². The smallest absolute Gasteiger partial charge is 0.239 e. The summed E-state index contributed by atoms with van der Waals surface area (Å²) in [6, 6.07) is 0.0443. The van der Waals surface area contributed by atoms with Gasteiger partial charge < -0.3 is 10.6 Å². The van der Waals surface area contributed by atoms with E-state index < -0.39 is 0 Å². The zero-order valence-electron chi connectivity index (χ0n) is 7.92. The van der Waals surface area contributed by atoms with Crippen LogP contribution >= 0.6 is 0 Å². The fraction of sp³-hybridized carbons (Fsp3) is 0.889. The number of nitrogens with zero attached hydrogens (tertiary/aromatic N) is 1. The number of carbonyl (C=O) groups is 1. The molecular formula is C9H18N2O. The van der Waals surface area contributed by atoms with Gasteiger partial charge in [0.05, 0.1) is 6.04 Å². The van der Waals surface area contributed by atoms with Crippen molar-refractivity contribution in [2.75, 3.05) is 6.54 Å². The zero-order chi connectivity index (χ0) is 9.14. The first kappa shape index (κ1) is 9.52. The van der Waals surface area contributed by atoms with Crippen LogP contribution in [-0.2, 0) is 4.79 Å². The summed E-state index contributed by atoms with van der Waals surface area (Å²) in [6.07, 6.45) is 3.49. The molecule has 1 fully saturated rings. The van der Waals surface area contributed by atoms with Crippen molar-refractivity contribution in [3.05, 3.63) is 0 Å². The number of carbonyl (C=O) groups excluding carboxylic acids is 1. The molecule has 2 atom stereocenters. The van der Waals surface area contributed by atoms with Gasteiger partial charge in [0.15, 0.2) is 0 Å². The minimum absolute atomic E-state index is 0.0993.